The molecule has 180 valence electrons. The highest BCUT2D eigenvalue weighted by molar-refractivity contribution is 7.92. The molecule has 0 bridgehead atoms. The van der Waals surface area contributed by atoms with Gasteiger partial charge in [0.25, 0.3) is 10.0 Å². The van der Waals surface area contributed by atoms with Crippen LogP contribution in [0, 0.1) is 13.8 Å². The first-order chi connectivity index (χ1) is 16.8. The second kappa shape index (κ2) is 10.3. The van der Waals surface area contributed by atoms with Gasteiger partial charge in [-0.25, -0.2) is 13.4 Å². The molecule has 4 rings (SSSR count). The second-order valence-corrected chi connectivity index (χ2v) is 10.4. The van der Waals surface area contributed by atoms with Crippen LogP contribution in [0.4, 0.5) is 5.69 Å². The lowest BCUT2D eigenvalue weighted by Gasteiger charge is -2.26. The van der Waals surface area contributed by atoms with E-state index in [2.05, 4.69) is 10.3 Å². The largest absolute Gasteiger partial charge is 0.350 e. The quantitative estimate of drug-likeness (QED) is 0.375. The first-order valence-electron chi connectivity index (χ1n) is 10.9. The maximum Gasteiger partial charge on any atom is 0.264 e. The minimum Gasteiger partial charge on any atom is -0.350 e. The van der Waals surface area contributed by atoms with Crippen molar-refractivity contribution in [1.29, 1.82) is 0 Å². The molecule has 0 fully saturated rings. The number of sulfonamides is 1. The number of amides is 1. The normalized spacial score (nSPS) is 11.3. The van der Waals surface area contributed by atoms with Crippen LogP contribution in [0.15, 0.2) is 90.3 Å². The van der Waals surface area contributed by atoms with Crippen LogP contribution < -0.4 is 9.62 Å². The van der Waals surface area contributed by atoms with E-state index in [1.807, 2.05) is 42.0 Å². The number of anilines is 1. The molecule has 0 spiro atoms. The van der Waals surface area contributed by atoms with E-state index in [1.165, 1.54) is 0 Å². The third-order valence-electron chi connectivity index (χ3n) is 5.57. The Morgan fingerprint density at radius 1 is 1.06 bits per heavy atom. The van der Waals surface area contributed by atoms with Gasteiger partial charge >= 0.3 is 0 Å². The fourth-order valence-electron chi connectivity index (χ4n) is 3.73. The third-order valence-corrected chi connectivity index (χ3v) is 7.58. The summed E-state index contributed by atoms with van der Waals surface area (Å²) >= 11 is 6.10. The van der Waals surface area contributed by atoms with E-state index >= 15 is 0 Å². The monoisotopic (exact) mass is 508 g/mol. The van der Waals surface area contributed by atoms with Crippen LogP contribution in [-0.2, 0) is 21.4 Å². The minimum absolute atomic E-state index is 0.107. The smallest absolute Gasteiger partial charge is 0.264 e. The van der Waals surface area contributed by atoms with Gasteiger partial charge in [-0.05, 0) is 61.4 Å². The number of hydrogen-bond acceptors (Lipinski definition) is 4. The molecule has 0 saturated carbocycles. The zero-order chi connectivity index (χ0) is 25.0. The maximum absolute atomic E-state index is 13.6. The van der Waals surface area contributed by atoms with Gasteiger partial charge in [0, 0.05) is 24.0 Å². The van der Waals surface area contributed by atoms with Gasteiger partial charge in [-0.2, -0.15) is 0 Å². The van der Waals surface area contributed by atoms with Crippen LogP contribution in [0.2, 0.25) is 5.02 Å². The fourth-order valence-corrected chi connectivity index (χ4v) is 5.44. The molecule has 7 nitrogen and oxygen atoms in total. The van der Waals surface area contributed by atoms with Crippen molar-refractivity contribution in [3.63, 3.8) is 0 Å². The van der Waals surface area contributed by atoms with Crippen LogP contribution in [0.25, 0.3) is 5.69 Å². The molecule has 35 heavy (non-hydrogen) atoms. The molecule has 0 atom stereocenters. The number of para-hydroxylation sites is 1. The van der Waals surface area contributed by atoms with Crippen LogP contribution in [0.5, 0.6) is 0 Å². The van der Waals surface area contributed by atoms with E-state index in [4.69, 9.17) is 11.6 Å². The number of carbonyl (C=O) groups is 1. The number of halogens is 1. The van der Waals surface area contributed by atoms with Crippen molar-refractivity contribution >= 4 is 33.2 Å². The molecular formula is C26H25ClN4O3S. The van der Waals surface area contributed by atoms with Crippen molar-refractivity contribution in [2.75, 3.05) is 10.8 Å². The van der Waals surface area contributed by atoms with Crippen molar-refractivity contribution in [2.24, 2.45) is 0 Å². The van der Waals surface area contributed by atoms with Gasteiger partial charge in [0.15, 0.2) is 0 Å². The molecule has 0 aliphatic carbocycles. The van der Waals surface area contributed by atoms with Gasteiger partial charge in [-0.3, -0.25) is 9.10 Å². The first-order valence-corrected chi connectivity index (χ1v) is 12.8. The number of hydrogen-bond donors (Lipinski definition) is 1. The summed E-state index contributed by atoms with van der Waals surface area (Å²) in [5.41, 5.74) is 3.72. The summed E-state index contributed by atoms with van der Waals surface area (Å²) in [5.74, 6) is -0.435. The molecular weight excluding hydrogens is 484 g/mol. The molecule has 0 radical (unpaired) electrons. The van der Waals surface area contributed by atoms with Crippen molar-refractivity contribution in [3.05, 3.63) is 107 Å². The number of nitrogens with zero attached hydrogens (tertiary/aromatic N) is 3. The number of aryl methyl sites for hydroxylation is 2. The Bertz CT molecular complexity index is 1440. The molecule has 0 aliphatic rings. The van der Waals surface area contributed by atoms with Crippen molar-refractivity contribution in [2.45, 2.75) is 25.3 Å². The summed E-state index contributed by atoms with van der Waals surface area (Å²) in [6.45, 7) is 3.49. The lowest BCUT2D eigenvalue weighted by molar-refractivity contribution is -0.119. The summed E-state index contributed by atoms with van der Waals surface area (Å²) in [6.07, 6.45) is 5.18. The number of carbonyl (C=O) groups excluding carboxylic acids is 1. The summed E-state index contributed by atoms with van der Waals surface area (Å²) < 4.78 is 30.2. The molecule has 1 aromatic heterocycles. The Labute approximate surface area is 210 Å². The van der Waals surface area contributed by atoms with E-state index in [1.54, 1.807) is 61.9 Å². The van der Waals surface area contributed by atoms with Crippen LogP contribution in [0.1, 0.15) is 16.7 Å². The average molecular weight is 509 g/mol. The predicted octanol–water partition coefficient (Wildman–Crippen LogP) is 4.65. The van der Waals surface area contributed by atoms with E-state index in [0.29, 0.717) is 16.3 Å². The van der Waals surface area contributed by atoms with Gasteiger partial charge in [0.1, 0.15) is 6.54 Å². The molecule has 1 heterocycles. The standard InChI is InChI=1S/C26H25ClN4O3S/c1-19-7-10-23(11-8-19)35(33,34)31(24-12-9-22(27)15-20(24)2)17-26(32)29-16-21-5-3-4-6-25(21)30-14-13-28-18-30/h3-15,18H,16-17H2,1-2H3,(H,29,32). The minimum atomic E-state index is -4.01. The Morgan fingerprint density at radius 2 is 1.80 bits per heavy atom. The molecule has 9 heteroatoms. The number of rotatable bonds is 8. The van der Waals surface area contributed by atoms with Crippen LogP contribution >= 0.6 is 11.6 Å². The average Bonchev–Trinajstić information content (AvgIpc) is 3.37. The highest BCUT2D eigenvalue weighted by atomic mass is 35.5. The van der Waals surface area contributed by atoms with Gasteiger partial charge in [0.05, 0.1) is 22.6 Å². The zero-order valence-corrected chi connectivity index (χ0v) is 20.9. The third kappa shape index (κ3) is 5.55. The van der Waals surface area contributed by atoms with Gasteiger partial charge < -0.3 is 9.88 Å². The van der Waals surface area contributed by atoms with Crippen molar-refractivity contribution < 1.29 is 13.2 Å². The molecule has 0 saturated heterocycles. The van der Waals surface area contributed by atoms with E-state index < -0.39 is 15.9 Å². The SMILES string of the molecule is Cc1ccc(S(=O)(=O)N(CC(=O)NCc2ccccc2-n2ccnc2)c2ccc(Cl)cc2C)cc1. The van der Waals surface area contributed by atoms with Gasteiger partial charge in [-0.1, -0.05) is 47.5 Å². The van der Waals surface area contributed by atoms with Crippen molar-refractivity contribution in [1.82, 2.24) is 14.9 Å². The Hall–Kier alpha value is -3.62. The maximum atomic E-state index is 13.6. The molecule has 0 unspecified atom stereocenters. The first kappa shape index (κ1) is 24.5. The second-order valence-electron chi connectivity index (χ2n) is 8.13. The highest BCUT2D eigenvalue weighted by Crippen LogP contribution is 2.29. The Balaban J connectivity index is 1.61. The Kier molecular flexibility index (Phi) is 7.23. The van der Waals surface area contributed by atoms with Gasteiger partial charge in [0.2, 0.25) is 5.91 Å². The molecule has 0 aliphatic heterocycles. The van der Waals surface area contributed by atoms with E-state index in [0.717, 1.165) is 21.1 Å². The molecule has 1 amide bonds. The van der Waals surface area contributed by atoms with Crippen LogP contribution in [0.3, 0.4) is 0 Å². The van der Waals surface area contributed by atoms with Crippen molar-refractivity contribution in [3.8, 4) is 5.69 Å². The fraction of sp³-hybridized carbons (Fsp3) is 0.154. The Morgan fingerprint density at radius 3 is 2.49 bits per heavy atom. The predicted molar refractivity (Wildman–Crippen MR) is 137 cm³/mol. The zero-order valence-electron chi connectivity index (χ0n) is 19.3. The molecule has 3 aromatic carbocycles. The van der Waals surface area contributed by atoms with E-state index in [9.17, 15) is 13.2 Å². The summed E-state index contributed by atoms with van der Waals surface area (Å²) in [4.78, 5) is 17.2. The van der Waals surface area contributed by atoms with E-state index in [-0.39, 0.29) is 18.0 Å². The summed E-state index contributed by atoms with van der Waals surface area (Å²) in [5, 5.41) is 3.35. The summed E-state index contributed by atoms with van der Waals surface area (Å²) in [7, 11) is -4.01. The number of aromatic nitrogens is 2. The van der Waals surface area contributed by atoms with Crippen LogP contribution in [-0.4, -0.2) is 30.4 Å². The lowest BCUT2D eigenvalue weighted by atomic mass is 10.1. The van der Waals surface area contributed by atoms with Gasteiger partial charge in [-0.15, -0.1) is 0 Å². The highest BCUT2D eigenvalue weighted by Gasteiger charge is 2.28. The topological polar surface area (TPSA) is 84.3 Å². The molecule has 1 N–H and O–H groups in total. The number of imidazole rings is 1. The lowest BCUT2D eigenvalue weighted by Crippen LogP contribution is -2.41. The molecule has 4 aromatic rings. The number of nitrogens with one attached hydrogen (secondary N) is 1. The number of benzene rings is 3. The summed E-state index contributed by atoms with van der Waals surface area (Å²) in [6, 6.07) is 19.1.